The summed E-state index contributed by atoms with van der Waals surface area (Å²) in [6, 6.07) is 4.74. The van der Waals surface area contributed by atoms with Crippen molar-refractivity contribution in [2.75, 3.05) is 32.0 Å². The predicted molar refractivity (Wildman–Crippen MR) is 106 cm³/mol. The highest BCUT2D eigenvalue weighted by Gasteiger charge is 2.24. The van der Waals surface area contributed by atoms with E-state index in [-0.39, 0.29) is 17.6 Å². The Bertz CT molecular complexity index is 665. The molecule has 0 spiro atoms. The molecule has 1 saturated carbocycles. The van der Waals surface area contributed by atoms with Gasteiger partial charge in [-0.3, -0.25) is 14.9 Å². The van der Waals surface area contributed by atoms with Gasteiger partial charge in [0.1, 0.15) is 0 Å². The standard InChI is InChI=1S/C20H30N4O3/c1-21-20(25)18-13-17(24(26)27)7-8-19(18)22-16-9-11-23(12-10-16)14-15-5-3-2-4-6-15/h7-8,13,15-16,22H,2-6,9-12,14H2,1H3,(H,21,25). The molecule has 148 valence electrons. The van der Waals surface area contributed by atoms with E-state index in [2.05, 4.69) is 15.5 Å². The van der Waals surface area contributed by atoms with Gasteiger partial charge in [-0.15, -0.1) is 0 Å². The Balaban J connectivity index is 1.58. The largest absolute Gasteiger partial charge is 0.382 e. The monoisotopic (exact) mass is 374 g/mol. The lowest BCUT2D eigenvalue weighted by Crippen LogP contribution is -2.41. The molecule has 0 unspecified atom stereocenters. The van der Waals surface area contributed by atoms with Crippen LogP contribution in [0.4, 0.5) is 11.4 Å². The predicted octanol–water partition coefficient (Wildman–Crippen LogP) is 3.41. The quantitative estimate of drug-likeness (QED) is 0.588. The van der Waals surface area contributed by atoms with Crippen molar-refractivity contribution in [3.8, 4) is 0 Å². The second-order valence-electron chi connectivity index (χ2n) is 7.79. The van der Waals surface area contributed by atoms with Crippen LogP contribution in [0.5, 0.6) is 0 Å². The molecule has 0 aromatic heterocycles. The van der Waals surface area contributed by atoms with Gasteiger partial charge >= 0.3 is 0 Å². The number of nitrogens with one attached hydrogen (secondary N) is 2. The van der Waals surface area contributed by atoms with Gasteiger partial charge in [-0.25, -0.2) is 0 Å². The van der Waals surface area contributed by atoms with Crippen LogP contribution in [0, 0.1) is 16.0 Å². The van der Waals surface area contributed by atoms with E-state index >= 15 is 0 Å². The lowest BCUT2D eigenvalue weighted by atomic mass is 9.88. The van der Waals surface area contributed by atoms with Crippen LogP contribution < -0.4 is 10.6 Å². The average Bonchev–Trinajstić information content (AvgIpc) is 2.70. The van der Waals surface area contributed by atoms with E-state index in [1.54, 1.807) is 6.07 Å². The first-order chi connectivity index (χ1) is 13.1. The Hall–Kier alpha value is -2.15. The number of hydrogen-bond acceptors (Lipinski definition) is 5. The number of hydrogen-bond donors (Lipinski definition) is 2. The van der Waals surface area contributed by atoms with E-state index in [4.69, 9.17) is 0 Å². The van der Waals surface area contributed by atoms with Gasteiger partial charge < -0.3 is 15.5 Å². The summed E-state index contributed by atoms with van der Waals surface area (Å²) >= 11 is 0. The zero-order valence-electron chi connectivity index (χ0n) is 16.1. The zero-order valence-corrected chi connectivity index (χ0v) is 16.1. The van der Waals surface area contributed by atoms with Crippen molar-refractivity contribution < 1.29 is 9.72 Å². The molecule has 1 aliphatic carbocycles. The molecular formula is C20H30N4O3. The van der Waals surface area contributed by atoms with E-state index < -0.39 is 4.92 Å². The molecule has 0 radical (unpaired) electrons. The molecule has 1 heterocycles. The summed E-state index contributed by atoms with van der Waals surface area (Å²) in [5.41, 5.74) is 0.934. The Morgan fingerprint density at radius 2 is 1.89 bits per heavy atom. The number of nitro benzene ring substituents is 1. The lowest BCUT2D eigenvalue weighted by Gasteiger charge is -2.36. The van der Waals surface area contributed by atoms with Crippen molar-refractivity contribution in [2.24, 2.45) is 5.92 Å². The number of nitro groups is 1. The van der Waals surface area contributed by atoms with Crippen molar-refractivity contribution in [3.63, 3.8) is 0 Å². The number of piperidine rings is 1. The van der Waals surface area contributed by atoms with Crippen molar-refractivity contribution in [1.82, 2.24) is 10.2 Å². The second-order valence-corrected chi connectivity index (χ2v) is 7.79. The maximum Gasteiger partial charge on any atom is 0.270 e. The number of benzene rings is 1. The van der Waals surface area contributed by atoms with Gasteiger partial charge in [0.2, 0.25) is 0 Å². The molecule has 0 atom stereocenters. The number of carbonyl (C=O) groups is 1. The Kier molecular flexibility index (Phi) is 6.66. The molecule has 0 bridgehead atoms. The zero-order chi connectivity index (χ0) is 19.2. The van der Waals surface area contributed by atoms with E-state index in [1.165, 1.54) is 57.8 Å². The third kappa shape index (κ3) is 5.19. The van der Waals surface area contributed by atoms with Crippen LogP contribution in [-0.2, 0) is 0 Å². The Labute approximate surface area is 160 Å². The third-order valence-electron chi connectivity index (χ3n) is 5.87. The highest BCUT2D eigenvalue weighted by atomic mass is 16.6. The van der Waals surface area contributed by atoms with Gasteiger partial charge in [0.05, 0.1) is 10.5 Å². The van der Waals surface area contributed by atoms with Crippen molar-refractivity contribution >= 4 is 17.3 Å². The summed E-state index contributed by atoms with van der Waals surface area (Å²) in [5.74, 6) is 0.550. The van der Waals surface area contributed by atoms with Crippen LogP contribution in [0.3, 0.4) is 0 Å². The molecule has 2 N–H and O–H groups in total. The maximum absolute atomic E-state index is 12.1. The fourth-order valence-electron chi connectivity index (χ4n) is 4.31. The van der Waals surface area contributed by atoms with Gasteiger partial charge in [0.25, 0.3) is 11.6 Å². The number of amides is 1. The first-order valence-electron chi connectivity index (χ1n) is 10.1. The number of anilines is 1. The van der Waals surface area contributed by atoms with Gasteiger partial charge in [0.15, 0.2) is 0 Å². The molecule has 3 rings (SSSR count). The van der Waals surface area contributed by atoms with Gasteiger partial charge in [-0.2, -0.15) is 0 Å². The summed E-state index contributed by atoms with van der Waals surface area (Å²) in [6.07, 6.45) is 8.95. The molecule has 1 aliphatic heterocycles. The summed E-state index contributed by atoms with van der Waals surface area (Å²) in [5, 5.41) is 17.0. The number of non-ortho nitro benzene ring substituents is 1. The average molecular weight is 374 g/mol. The van der Waals surface area contributed by atoms with Crippen LogP contribution in [0.1, 0.15) is 55.3 Å². The minimum absolute atomic E-state index is 0.0681. The summed E-state index contributed by atoms with van der Waals surface area (Å²) in [7, 11) is 1.54. The third-order valence-corrected chi connectivity index (χ3v) is 5.87. The minimum Gasteiger partial charge on any atom is -0.382 e. The van der Waals surface area contributed by atoms with Crippen molar-refractivity contribution in [3.05, 3.63) is 33.9 Å². The summed E-state index contributed by atoms with van der Waals surface area (Å²) in [6.45, 7) is 3.35. The Morgan fingerprint density at radius 3 is 2.52 bits per heavy atom. The number of nitrogens with zero attached hydrogens (tertiary/aromatic N) is 2. The van der Waals surface area contributed by atoms with Crippen LogP contribution in [-0.4, -0.2) is 48.5 Å². The Morgan fingerprint density at radius 1 is 1.19 bits per heavy atom. The number of likely N-dealkylation sites (tertiary alicyclic amines) is 1. The van der Waals surface area contributed by atoms with Gasteiger partial charge in [-0.1, -0.05) is 19.3 Å². The van der Waals surface area contributed by atoms with E-state index in [0.29, 0.717) is 11.3 Å². The van der Waals surface area contributed by atoms with Crippen LogP contribution in [0.25, 0.3) is 0 Å². The molecular weight excluding hydrogens is 344 g/mol. The first-order valence-corrected chi connectivity index (χ1v) is 10.1. The number of rotatable bonds is 6. The molecule has 2 aliphatic rings. The highest BCUT2D eigenvalue weighted by Crippen LogP contribution is 2.27. The molecule has 7 heteroatoms. The SMILES string of the molecule is CNC(=O)c1cc([N+](=O)[O-])ccc1NC1CCN(CC2CCCCC2)CC1. The first kappa shape index (κ1) is 19.6. The molecule has 1 aromatic carbocycles. The smallest absolute Gasteiger partial charge is 0.270 e. The number of carbonyl (C=O) groups excluding carboxylic acids is 1. The summed E-state index contributed by atoms with van der Waals surface area (Å²) < 4.78 is 0. The minimum atomic E-state index is -0.472. The molecule has 7 nitrogen and oxygen atoms in total. The van der Waals surface area contributed by atoms with Gasteiger partial charge in [-0.05, 0) is 37.7 Å². The lowest BCUT2D eigenvalue weighted by molar-refractivity contribution is -0.384. The molecule has 1 aromatic rings. The maximum atomic E-state index is 12.1. The molecule has 1 amide bonds. The molecule has 27 heavy (non-hydrogen) atoms. The molecule has 2 fully saturated rings. The van der Waals surface area contributed by atoms with Crippen molar-refractivity contribution in [1.29, 1.82) is 0 Å². The van der Waals surface area contributed by atoms with Crippen molar-refractivity contribution in [2.45, 2.75) is 51.0 Å². The van der Waals surface area contributed by atoms with Crippen LogP contribution in [0.2, 0.25) is 0 Å². The summed E-state index contributed by atoms with van der Waals surface area (Å²) in [4.78, 5) is 25.3. The van der Waals surface area contributed by atoms with Gasteiger partial charge in [0, 0.05) is 50.5 Å². The van der Waals surface area contributed by atoms with E-state index in [9.17, 15) is 14.9 Å². The molecule has 1 saturated heterocycles. The van der Waals surface area contributed by atoms with E-state index in [0.717, 1.165) is 31.8 Å². The fourth-order valence-corrected chi connectivity index (χ4v) is 4.31. The second kappa shape index (κ2) is 9.17. The van der Waals surface area contributed by atoms with Crippen LogP contribution >= 0.6 is 0 Å². The normalized spacial score (nSPS) is 19.6. The highest BCUT2D eigenvalue weighted by molar-refractivity contribution is 6.00. The van der Waals surface area contributed by atoms with Crippen LogP contribution in [0.15, 0.2) is 18.2 Å². The fraction of sp³-hybridized carbons (Fsp3) is 0.650. The van der Waals surface area contributed by atoms with E-state index in [1.807, 2.05) is 0 Å². The topological polar surface area (TPSA) is 87.5 Å².